The Morgan fingerprint density at radius 1 is 1.00 bits per heavy atom. The van der Waals surface area contributed by atoms with E-state index in [9.17, 15) is 18.0 Å². The summed E-state index contributed by atoms with van der Waals surface area (Å²) in [5.41, 5.74) is 0.671. The molecule has 1 aliphatic heterocycles. The van der Waals surface area contributed by atoms with Crippen LogP contribution in [0.1, 0.15) is 18.4 Å². The van der Waals surface area contributed by atoms with Crippen LogP contribution in [0.5, 0.6) is 0 Å². The Bertz CT molecular complexity index is 1060. The van der Waals surface area contributed by atoms with Crippen molar-refractivity contribution in [3.8, 4) is 0 Å². The third kappa shape index (κ3) is 4.22. The van der Waals surface area contributed by atoms with Crippen LogP contribution in [0.25, 0.3) is 0 Å². The van der Waals surface area contributed by atoms with Gasteiger partial charge >= 0.3 is 0 Å². The third-order valence-corrected chi connectivity index (χ3v) is 8.25. The van der Waals surface area contributed by atoms with E-state index in [1.54, 1.807) is 18.2 Å². The van der Waals surface area contributed by atoms with E-state index >= 15 is 0 Å². The lowest BCUT2D eigenvalue weighted by atomic mass is 9.99. The number of likely N-dealkylation sites (N-methyl/N-ethyl adjacent to an activating group) is 1. The van der Waals surface area contributed by atoms with Crippen LogP contribution in [-0.4, -0.2) is 50.7 Å². The lowest BCUT2D eigenvalue weighted by molar-refractivity contribution is -0.124. The van der Waals surface area contributed by atoms with Gasteiger partial charge in [0, 0.05) is 26.1 Å². The highest BCUT2D eigenvalue weighted by Gasteiger charge is 2.65. The summed E-state index contributed by atoms with van der Waals surface area (Å²) in [6.45, 7) is 0.708. The maximum Gasteiger partial charge on any atom is 0.243 e. The highest BCUT2D eigenvalue weighted by Crippen LogP contribution is 2.60. The summed E-state index contributed by atoms with van der Waals surface area (Å²) >= 11 is 0. The Morgan fingerprint density at radius 2 is 1.65 bits per heavy atom. The second-order valence-electron chi connectivity index (χ2n) is 8.34. The molecule has 2 aromatic rings. The van der Waals surface area contributed by atoms with Crippen molar-refractivity contribution in [3.63, 3.8) is 0 Å². The van der Waals surface area contributed by atoms with Gasteiger partial charge in [-0.25, -0.2) is 8.42 Å². The van der Waals surface area contributed by atoms with E-state index in [1.165, 1.54) is 23.5 Å². The quantitative estimate of drug-likeness (QED) is 0.682. The lowest BCUT2D eigenvalue weighted by Crippen LogP contribution is -2.44. The molecule has 164 valence electrons. The molecule has 2 aliphatic rings. The van der Waals surface area contributed by atoms with E-state index in [-0.39, 0.29) is 29.2 Å². The van der Waals surface area contributed by atoms with Crippen molar-refractivity contribution >= 4 is 21.8 Å². The first-order chi connectivity index (χ1) is 14.9. The van der Waals surface area contributed by atoms with Crippen LogP contribution in [0.3, 0.4) is 0 Å². The standard InChI is InChI=1S/C23H27N3O4S/c1-24-22(28)20-15-23(16-26(20)31(29,30)18-10-6-3-7-11-18)14-19(23)21(27)25-13-12-17-8-4-2-5-9-17/h2-11,19-20H,12-16H2,1H3,(H,24,28)(H,25,27)/t19-,20+,23+/m1/s1. The number of rotatable bonds is 7. The molecule has 2 amide bonds. The van der Waals surface area contributed by atoms with Gasteiger partial charge in [-0.1, -0.05) is 48.5 Å². The van der Waals surface area contributed by atoms with Crippen LogP contribution in [-0.2, 0) is 26.0 Å². The molecule has 31 heavy (non-hydrogen) atoms. The molecule has 1 aliphatic carbocycles. The van der Waals surface area contributed by atoms with Crippen molar-refractivity contribution in [1.29, 1.82) is 0 Å². The molecule has 1 heterocycles. The number of hydrogen-bond donors (Lipinski definition) is 2. The summed E-state index contributed by atoms with van der Waals surface area (Å²) in [4.78, 5) is 25.4. The molecule has 4 rings (SSSR count). The molecule has 1 spiro atoms. The van der Waals surface area contributed by atoms with E-state index in [4.69, 9.17) is 0 Å². The summed E-state index contributed by atoms with van der Waals surface area (Å²) in [5, 5.41) is 5.56. The van der Waals surface area contributed by atoms with Gasteiger partial charge in [0.15, 0.2) is 0 Å². The molecule has 1 saturated carbocycles. The van der Waals surface area contributed by atoms with E-state index in [0.29, 0.717) is 19.4 Å². The van der Waals surface area contributed by atoms with Crippen molar-refractivity contribution < 1.29 is 18.0 Å². The fourth-order valence-electron chi connectivity index (χ4n) is 4.56. The maximum absolute atomic E-state index is 13.2. The van der Waals surface area contributed by atoms with Crippen molar-refractivity contribution in [2.75, 3.05) is 20.1 Å². The number of amides is 2. The van der Waals surface area contributed by atoms with Crippen LogP contribution in [0.15, 0.2) is 65.6 Å². The fraction of sp³-hybridized carbons (Fsp3) is 0.391. The van der Waals surface area contributed by atoms with Crippen LogP contribution >= 0.6 is 0 Å². The third-order valence-electron chi connectivity index (χ3n) is 6.38. The minimum absolute atomic E-state index is 0.0643. The van der Waals surface area contributed by atoms with Crippen molar-refractivity contribution in [2.45, 2.75) is 30.2 Å². The molecule has 7 nitrogen and oxygen atoms in total. The predicted molar refractivity (Wildman–Crippen MR) is 117 cm³/mol. The summed E-state index contributed by atoms with van der Waals surface area (Å²) in [6, 6.07) is 17.2. The molecule has 0 unspecified atom stereocenters. The Morgan fingerprint density at radius 3 is 2.29 bits per heavy atom. The van der Waals surface area contributed by atoms with E-state index in [0.717, 1.165) is 12.0 Å². The van der Waals surface area contributed by atoms with Crippen LogP contribution in [0, 0.1) is 11.3 Å². The first-order valence-corrected chi connectivity index (χ1v) is 11.9. The Balaban J connectivity index is 1.45. The number of nitrogens with zero attached hydrogens (tertiary/aromatic N) is 1. The van der Waals surface area contributed by atoms with Gasteiger partial charge in [-0.3, -0.25) is 9.59 Å². The smallest absolute Gasteiger partial charge is 0.243 e. The summed E-state index contributed by atoms with van der Waals surface area (Å²) in [6.07, 6.45) is 1.69. The second-order valence-corrected chi connectivity index (χ2v) is 10.2. The Labute approximate surface area is 182 Å². The molecular formula is C23H27N3O4S. The highest BCUT2D eigenvalue weighted by molar-refractivity contribution is 7.89. The number of benzene rings is 2. The van der Waals surface area contributed by atoms with Gasteiger partial charge in [0.05, 0.1) is 4.90 Å². The molecular weight excluding hydrogens is 414 g/mol. The van der Waals surface area contributed by atoms with Gasteiger partial charge < -0.3 is 10.6 Å². The Kier molecular flexibility index (Phi) is 5.85. The minimum Gasteiger partial charge on any atom is -0.358 e. The molecule has 8 heteroatoms. The van der Waals surface area contributed by atoms with Crippen molar-refractivity contribution in [3.05, 3.63) is 66.2 Å². The topological polar surface area (TPSA) is 95.6 Å². The van der Waals surface area contributed by atoms with Crippen LogP contribution in [0.2, 0.25) is 0 Å². The number of hydrogen-bond acceptors (Lipinski definition) is 4. The van der Waals surface area contributed by atoms with E-state index in [2.05, 4.69) is 10.6 Å². The first kappa shape index (κ1) is 21.5. The van der Waals surface area contributed by atoms with Crippen molar-refractivity contribution in [2.24, 2.45) is 11.3 Å². The summed E-state index contributed by atoms with van der Waals surface area (Å²) in [7, 11) is -2.33. The lowest BCUT2D eigenvalue weighted by Gasteiger charge is -2.22. The number of carbonyl (C=O) groups is 2. The SMILES string of the molecule is CNC(=O)[C@@H]1C[C@@]2(C[C@@H]2C(=O)NCCc2ccccc2)CN1S(=O)(=O)c1ccccc1. The average molecular weight is 442 g/mol. The van der Waals surface area contributed by atoms with Gasteiger partial charge in [0.2, 0.25) is 21.8 Å². The zero-order chi connectivity index (χ0) is 22.1. The van der Waals surface area contributed by atoms with Gasteiger partial charge in [-0.2, -0.15) is 4.31 Å². The molecule has 2 N–H and O–H groups in total. The largest absolute Gasteiger partial charge is 0.358 e. The zero-order valence-electron chi connectivity index (χ0n) is 17.5. The molecule has 2 fully saturated rings. The number of carbonyl (C=O) groups excluding carboxylic acids is 2. The van der Waals surface area contributed by atoms with Gasteiger partial charge in [0.1, 0.15) is 6.04 Å². The van der Waals surface area contributed by atoms with Crippen LogP contribution in [0.4, 0.5) is 0 Å². The monoisotopic (exact) mass is 441 g/mol. The normalized spacial score (nSPS) is 25.3. The average Bonchev–Trinajstić information content (AvgIpc) is 3.35. The maximum atomic E-state index is 13.2. The van der Waals surface area contributed by atoms with E-state index in [1.807, 2.05) is 30.3 Å². The number of sulfonamides is 1. The minimum atomic E-state index is -3.84. The first-order valence-electron chi connectivity index (χ1n) is 10.5. The fourth-order valence-corrected chi connectivity index (χ4v) is 6.26. The molecule has 0 bridgehead atoms. The van der Waals surface area contributed by atoms with E-state index < -0.39 is 21.5 Å². The molecule has 0 radical (unpaired) electrons. The second kappa shape index (κ2) is 8.43. The van der Waals surface area contributed by atoms with Gasteiger partial charge in [-0.05, 0) is 42.4 Å². The zero-order valence-corrected chi connectivity index (χ0v) is 18.3. The highest BCUT2D eigenvalue weighted by atomic mass is 32.2. The summed E-state index contributed by atoms with van der Waals surface area (Å²) in [5.74, 6) is -0.677. The molecule has 3 atom stereocenters. The summed E-state index contributed by atoms with van der Waals surface area (Å²) < 4.78 is 27.7. The number of nitrogens with one attached hydrogen (secondary N) is 2. The van der Waals surface area contributed by atoms with Crippen molar-refractivity contribution in [1.82, 2.24) is 14.9 Å². The Hall–Kier alpha value is -2.71. The predicted octanol–water partition coefficient (Wildman–Crippen LogP) is 1.56. The molecule has 1 saturated heterocycles. The van der Waals surface area contributed by atoms with Gasteiger partial charge in [0.25, 0.3) is 0 Å². The van der Waals surface area contributed by atoms with Gasteiger partial charge in [-0.15, -0.1) is 0 Å². The van der Waals surface area contributed by atoms with Crippen LogP contribution < -0.4 is 10.6 Å². The molecule has 2 aromatic carbocycles. The molecule has 0 aromatic heterocycles.